The van der Waals surface area contributed by atoms with Gasteiger partial charge in [0.1, 0.15) is 22.6 Å². The van der Waals surface area contributed by atoms with Gasteiger partial charge in [-0.3, -0.25) is 14.4 Å². The molecule has 5 rings (SSSR count). The lowest BCUT2D eigenvalue weighted by Gasteiger charge is -2.12. The summed E-state index contributed by atoms with van der Waals surface area (Å²) < 4.78 is 1.92. The van der Waals surface area contributed by atoms with Crippen LogP contribution >= 0.6 is 11.3 Å². The van der Waals surface area contributed by atoms with Crippen molar-refractivity contribution in [2.45, 2.75) is 33.2 Å². The number of carboxylic acids is 1. The molecule has 0 fully saturated rings. The van der Waals surface area contributed by atoms with E-state index >= 15 is 0 Å². The number of aromatic hydroxyl groups is 1. The van der Waals surface area contributed by atoms with Gasteiger partial charge in [0.15, 0.2) is 5.82 Å². The summed E-state index contributed by atoms with van der Waals surface area (Å²) in [4.78, 5) is 17.8. The maximum absolute atomic E-state index is 11.7. The number of phenols is 1. The molecule has 2 aromatic heterocycles. The molecule has 0 spiro atoms. The number of benzene rings is 2. The van der Waals surface area contributed by atoms with Crippen LogP contribution in [0.1, 0.15) is 51.2 Å². The minimum absolute atomic E-state index is 0.0392. The lowest BCUT2D eigenvalue weighted by molar-refractivity contribution is -0.137. The normalized spacial score (nSPS) is 14.5. The maximum Gasteiger partial charge on any atom is 0.306 e. The lowest BCUT2D eigenvalue weighted by atomic mass is 9.95. The first-order valence-corrected chi connectivity index (χ1v) is 11.8. The predicted octanol–water partition coefficient (Wildman–Crippen LogP) is 4.87. The Morgan fingerprint density at radius 2 is 1.83 bits per heavy atom. The zero-order chi connectivity index (χ0) is 24.9. The fourth-order valence-electron chi connectivity index (χ4n) is 4.37. The molecule has 174 valence electrons. The number of aromatic nitrogens is 3. The molecule has 0 saturated heterocycles. The fraction of sp³-hybridized carbons (Fsp3) is 0.192. The minimum atomic E-state index is -0.963. The van der Waals surface area contributed by atoms with Gasteiger partial charge in [-0.1, -0.05) is 24.3 Å². The summed E-state index contributed by atoms with van der Waals surface area (Å²) in [6.45, 7) is 5.95. The fourth-order valence-corrected chi connectivity index (χ4v) is 5.59. The first-order valence-electron chi connectivity index (χ1n) is 10.9. The van der Waals surface area contributed by atoms with E-state index in [2.05, 4.69) is 23.2 Å². The van der Waals surface area contributed by atoms with Gasteiger partial charge in [-0.2, -0.15) is 5.26 Å². The number of fused-ring (bicyclic) bond motifs is 3. The second-order valence-electron chi connectivity index (χ2n) is 8.41. The number of carbonyl (C=O) groups is 1. The van der Waals surface area contributed by atoms with Crippen molar-refractivity contribution in [1.29, 1.82) is 5.26 Å². The summed E-state index contributed by atoms with van der Waals surface area (Å²) in [5.74, 6) is 0.273. The number of hydrogen-bond donors (Lipinski definition) is 2. The third kappa shape index (κ3) is 3.78. The van der Waals surface area contributed by atoms with Crippen molar-refractivity contribution in [3.05, 3.63) is 81.2 Å². The Morgan fingerprint density at radius 3 is 2.51 bits per heavy atom. The standard InChI is InChI=1S/C26H21N5O3S/c1-13-14(2)35-26-23(13)24(28-21(11-22(33)34)25-30-29-15(3)31(25)26)17-6-4-16(5-7-17)20-9-8-19(32)10-18(20)12-27/h4-10,21,32H,11H2,1-3H3,(H,33,34)/t21-/m0/s1. The number of nitrogens with zero attached hydrogens (tertiary/aromatic N) is 5. The van der Waals surface area contributed by atoms with E-state index in [0.717, 1.165) is 32.1 Å². The number of rotatable bonds is 4. The summed E-state index contributed by atoms with van der Waals surface area (Å²) in [7, 11) is 0. The van der Waals surface area contributed by atoms with Crippen LogP contribution in [0, 0.1) is 32.1 Å². The third-order valence-electron chi connectivity index (χ3n) is 6.20. The molecule has 1 aliphatic rings. The molecule has 9 heteroatoms. The van der Waals surface area contributed by atoms with E-state index in [-0.39, 0.29) is 12.2 Å². The first kappa shape index (κ1) is 22.5. The molecule has 0 radical (unpaired) electrons. The van der Waals surface area contributed by atoms with Crippen LogP contribution in [0.25, 0.3) is 16.1 Å². The van der Waals surface area contributed by atoms with Gasteiger partial charge in [-0.15, -0.1) is 21.5 Å². The predicted molar refractivity (Wildman–Crippen MR) is 132 cm³/mol. The van der Waals surface area contributed by atoms with Crippen LogP contribution in [0.5, 0.6) is 5.75 Å². The number of nitriles is 1. The molecule has 8 nitrogen and oxygen atoms in total. The SMILES string of the molecule is Cc1sc2c(c1C)C(c1ccc(-c3ccc(O)cc3C#N)cc1)=N[C@@H](CC(=O)O)c1nnc(C)n1-2. The van der Waals surface area contributed by atoms with Crippen LogP contribution in [-0.2, 0) is 4.79 Å². The zero-order valence-corrected chi connectivity index (χ0v) is 20.1. The number of carboxylic acid groups (broad SMARTS) is 1. The second kappa shape index (κ2) is 8.49. The first-order chi connectivity index (χ1) is 16.8. The third-order valence-corrected chi connectivity index (χ3v) is 7.39. The quantitative estimate of drug-likeness (QED) is 0.427. The van der Waals surface area contributed by atoms with Gasteiger partial charge >= 0.3 is 5.97 Å². The summed E-state index contributed by atoms with van der Waals surface area (Å²) in [5, 5.41) is 38.2. The number of aliphatic carboxylic acids is 1. The van der Waals surface area contributed by atoms with Crippen molar-refractivity contribution in [1.82, 2.24) is 14.8 Å². The van der Waals surface area contributed by atoms with Gasteiger partial charge in [-0.25, -0.2) is 0 Å². The Balaban J connectivity index is 1.68. The van der Waals surface area contributed by atoms with E-state index in [4.69, 9.17) is 4.99 Å². The molecule has 35 heavy (non-hydrogen) atoms. The number of thiophene rings is 1. The molecule has 0 saturated carbocycles. The van der Waals surface area contributed by atoms with E-state index in [1.165, 1.54) is 6.07 Å². The van der Waals surface area contributed by atoms with Crippen LogP contribution < -0.4 is 0 Å². The van der Waals surface area contributed by atoms with Crippen molar-refractivity contribution < 1.29 is 15.0 Å². The highest BCUT2D eigenvalue weighted by Crippen LogP contribution is 2.39. The van der Waals surface area contributed by atoms with Gasteiger partial charge in [-0.05, 0) is 55.7 Å². The van der Waals surface area contributed by atoms with Crippen LogP contribution in [0.15, 0.2) is 47.5 Å². The van der Waals surface area contributed by atoms with E-state index in [0.29, 0.717) is 28.5 Å². The Labute approximate surface area is 205 Å². The molecular weight excluding hydrogens is 462 g/mol. The number of phenolic OH excluding ortho intramolecular Hbond substituents is 1. The van der Waals surface area contributed by atoms with E-state index in [1.54, 1.807) is 23.5 Å². The van der Waals surface area contributed by atoms with Gasteiger partial charge in [0.2, 0.25) is 0 Å². The molecule has 0 unspecified atom stereocenters. The van der Waals surface area contributed by atoms with Crippen molar-refractivity contribution in [2.24, 2.45) is 4.99 Å². The average Bonchev–Trinajstić information content (AvgIpc) is 3.31. The summed E-state index contributed by atoms with van der Waals surface area (Å²) in [5.41, 5.74) is 5.48. The largest absolute Gasteiger partial charge is 0.508 e. The van der Waals surface area contributed by atoms with Crippen molar-refractivity contribution in [3.8, 4) is 27.9 Å². The van der Waals surface area contributed by atoms with Crippen LogP contribution in [-0.4, -0.2) is 36.7 Å². The van der Waals surface area contributed by atoms with Gasteiger partial charge in [0.25, 0.3) is 0 Å². The van der Waals surface area contributed by atoms with Gasteiger partial charge in [0.05, 0.1) is 23.8 Å². The van der Waals surface area contributed by atoms with Gasteiger partial charge in [0, 0.05) is 16.0 Å². The Kier molecular flexibility index (Phi) is 5.46. The van der Waals surface area contributed by atoms with Gasteiger partial charge < -0.3 is 10.2 Å². The Hall–Kier alpha value is -4.29. The molecule has 3 heterocycles. The molecule has 4 aromatic rings. The van der Waals surface area contributed by atoms with Crippen LogP contribution in [0.3, 0.4) is 0 Å². The summed E-state index contributed by atoms with van der Waals surface area (Å²) >= 11 is 1.61. The molecule has 0 aliphatic carbocycles. The van der Waals surface area contributed by atoms with Crippen molar-refractivity contribution in [2.75, 3.05) is 0 Å². The summed E-state index contributed by atoms with van der Waals surface area (Å²) in [6, 6.07) is 13.8. The topological polar surface area (TPSA) is 124 Å². The van der Waals surface area contributed by atoms with E-state index < -0.39 is 12.0 Å². The van der Waals surface area contributed by atoms with E-state index in [9.17, 15) is 20.3 Å². The van der Waals surface area contributed by atoms with E-state index in [1.807, 2.05) is 42.7 Å². The molecule has 1 aliphatic heterocycles. The molecule has 2 aromatic carbocycles. The van der Waals surface area contributed by atoms with Crippen molar-refractivity contribution >= 4 is 23.0 Å². The molecule has 2 N–H and O–H groups in total. The molecule has 0 bridgehead atoms. The Bertz CT molecular complexity index is 1560. The minimum Gasteiger partial charge on any atom is -0.508 e. The van der Waals surface area contributed by atoms with Crippen LogP contribution in [0.2, 0.25) is 0 Å². The van der Waals surface area contributed by atoms with Crippen molar-refractivity contribution in [3.63, 3.8) is 0 Å². The summed E-state index contributed by atoms with van der Waals surface area (Å²) in [6.07, 6.45) is -0.203. The number of aliphatic imine (C=N–C) groups is 1. The maximum atomic E-state index is 11.7. The highest BCUT2D eigenvalue weighted by Gasteiger charge is 2.32. The monoisotopic (exact) mass is 483 g/mol. The number of hydrogen-bond acceptors (Lipinski definition) is 7. The molecule has 1 atom stereocenters. The number of aryl methyl sites for hydroxylation is 2. The van der Waals surface area contributed by atoms with Crippen LogP contribution in [0.4, 0.5) is 0 Å². The zero-order valence-electron chi connectivity index (χ0n) is 19.3. The average molecular weight is 484 g/mol. The molecule has 0 amide bonds. The smallest absolute Gasteiger partial charge is 0.306 e. The highest BCUT2D eigenvalue weighted by atomic mass is 32.1. The lowest BCUT2D eigenvalue weighted by Crippen LogP contribution is -2.10. The second-order valence-corrected chi connectivity index (χ2v) is 9.62. The Morgan fingerprint density at radius 1 is 1.11 bits per heavy atom. The molecular formula is C26H21N5O3S. The highest BCUT2D eigenvalue weighted by molar-refractivity contribution is 7.15.